The molecule has 0 bridgehead atoms. The zero-order valence-electron chi connectivity index (χ0n) is 6.74. The van der Waals surface area contributed by atoms with E-state index in [2.05, 4.69) is 13.8 Å². The Balaban J connectivity index is 2.46. The zero-order valence-corrected chi connectivity index (χ0v) is 6.74. The van der Waals surface area contributed by atoms with Gasteiger partial charge in [0.15, 0.2) is 6.29 Å². The van der Waals surface area contributed by atoms with E-state index in [0.717, 1.165) is 6.42 Å². The summed E-state index contributed by atoms with van der Waals surface area (Å²) in [7, 11) is 1.86. The molecule has 0 aromatic rings. The van der Waals surface area contributed by atoms with E-state index >= 15 is 0 Å². The minimum Gasteiger partial charge on any atom is -0.366 e. The summed E-state index contributed by atoms with van der Waals surface area (Å²) in [6, 6.07) is 0.370. The van der Waals surface area contributed by atoms with E-state index < -0.39 is 6.29 Å². The average molecular weight is 145 g/mol. The van der Waals surface area contributed by atoms with Gasteiger partial charge in [-0.1, -0.05) is 13.8 Å². The van der Waals surface area contributed by atoms with E-state index in [1.54, 1.807) is 5.06 Å². The highest BCUT2D eigenvalue weighted by Gasteiger charge is 2.31. The molecule has 3 nitrogen and oxygen atoms in total. The van der Waals surface area contributed by atoms with Crippen LogP contribution in [0.5, 0.6) is 0 Å². The molecule has 0 spiro atoms. The van der Waals surface area contributed by atoms with Gasteiger partial charge in [0.1, 0.15) is 0 Å². The Bertz CT molecular complexity index is 116. The van der Waals surface area contributed by atoms with Crippen LogP contribution in [-0.2, 0) is 4.84 Å². The molecule has 0 aliphatic carbocycles. The van der Waals surface area contributed by atoms with Crippen LogP contribution < -0.4 is 0 Å². The molecule has 1 saturated heterocycles. The van der Waals surface area contributed by atoms with Gasteiger partial charge < -0.3 is 5.11 Å². The third kappa shape index (κ3) is 1.48. The molecular formula is C7H15NO2. The molecular weight excluding hydrogens is 130 g/mol. The predicted molar refractivity (Wildman–Crippen MR) is 38.1 cm³/mol. The maximum Gasteiger partial charge on any atom is 0.176 e. The topological polar surface area (TPSA) is 32.7 Å². The van der Waals surface area contributed by atoms with E-state index in [4.69, 9.17) is 9.94 Å². The van der Waals surface area contributed by atoms with E-state index in [9.17, 15) is 0 Å². The fourth-order valence-electron chi connectivity index (χ4n) is 1.36. The maximum atomic E-state index is 9.06. The molecule has 1 heterocycles. The molecule has 0 saturated carbocycles. The van der Waals surface area contributed by atoms with Crippen molar-refractivity contribution >= 4 is 0 Å². The Morgan fingerprint density at radius 3 is 2.40 bits per heavy atom. The summed E-state index contributed by atoms with van der Waals surface area (Å²) >= 11 is 0. The molecule has 1 aliphatic heterocycles. The van der Waals surface area contributed by atoms with Gasteiger partial charge in [-0.2, -0.15) is 5.06 Å². The van der Waals surface area contributed by atoms with Crippen molar-refractivity contribution < 1.29 is 9.94 Å². The number of rotatable bonds is 1. The minimum atomic E-state index is -0.586. The predicted octanol–water partition coefficient (Wildman–Crippen LogP) is 0.597. The third-order valence-electron chi connectivity index (χ3n) is 1.97. The van der Waals surface area contributed by atoms with Crippen molar-refractivity contribution in [3.63, 3.8) is 0 Å². The van der Waals surface area contributed by atoms with Crippen LogP contribution in [0.1, 0.15) is 20.3 Å². The number of aliphatic hydroxyl groups is 1. The fourth-order valence-corrected chi connectivity index (χ4v) is 1.36. The van der Waals surface area contributed by atoms with Crippen LogP contribution >= 0.6 is 0 Å². The zero-order chi connectivity index (χ0) is 7.72. The largest absolute Gasteiger partial charge is 0.366 e. The summed E-state index contributed by atoms with van der Waals surface area (Å²) in [5, 5.41) is 10.8. The summed E-state index contributed by atoms with van der Waals surface area (Å²) in [6.07, 6.45) is 0.145. The molecule has 0 aromatic heterocycles. The average Bonchev–Trinajstić information content (AvgIpc) is 2.10. The lowest BCUT2D eigenvalue weighted by Crippen LogP contribution is -2.28. The van der Waals surface area contributed by atoms with Crippen molar-refractivity contribution in [1.82, 2.24) is 5.06 Å². The van der Waals surface area contributed by atoms with Crippen LogP contribution in [-0.4, -0.2) is 29.5 Å². The van der Waals surface area contributed by atoms with E-state index in [1.807, 2.05) is 7.05 Å². The van der Waals surface area contributed by atoms with Gasteiger partial charge in [0.25, 0.3) is 0 Å². The van der Waals surface area contributed by atoms with E-state index in [0.29, 0.717) is 12.0 Å². The van der Waals surface area contributed by atoms with Gasteiger partial charge in [0.05, 0.1) is 0 Å². The van der Waals surface area contributed by atoms with Gasteiger partial charge in [0, 0.05) is 19.5 Å². The van der Waals surface area contributed by atoms with Crippen molar-refractivity contribution in [2.75, 3.05) is 7.05 Å². The minimum absolute atomic E-state index is 0.370. The van der Waals surface area contributed by atoms with Crippen LogP contribution in [0.15, 0.2) is 0 Å². The molecule has 3 heteroatoms. The molecule has 1 aliphatic rings. The second-order valence-electron chi connectivity index (χ2n) is 3.15. The standard InChI is InChI=1S/C7H15NO2/c1-5(2)6-4-7(9)10-8(6)3/h5-7,9H,4H2,1-3H3. The van der Waals surface area contributed by atoms with Gasteiger partial charge in [-0.15, -0.1) is 0 Å². The number of aliphatic hydroxyl groups excluding tert-OH is 1. The lowest BCUT2D eigenvalue weighted by atomic mass is 10.0. The van der Waals surface area contributed by atoms with Crippen molar-refractivity contribution in [3.05, 3.63) is 0 Å². The molecule has 2 unspecified atom stereocenters. The molecule has 1 N–H and O–H groups in total. The molecule has 2 atom stereocenters. The van der Waals surface area contributed by atoms with Crippen LogP contribution in [0.4, 0.5) is 0 Å². The monoisotopic (exact) mass is 145 g/mol. The fraction of sp³-hybridized carbons (Fsp3) is 1.00. The molecule has 0 amide bonds. The first-order valence-electron chi connectivity index (χ1n) is 3.69. The van der Waals surface area contributed by atoms with Gasteiger partial charge in [0.2, 0.25) is 0 Å². The first kappa shape index (κ1) is 7.98. The summed E-state index contributed by atoms with van der Waals surface area (Å²) in [5.74, 6) is 0.544. The highest BCUT2D eigenvalue weighted by molar-refractivity contribution is 4.73. The van der Waals surface area contributed by atoms with Crippen molar-refractivity contribution in [2.45, 2.75) is 32.6 Å². The molecule has 1 fully saturated rings. The molecule has 10 heavy (non-hydrogen) atoms. The quantitative estimate of drug-likeness (QED) is 0.586. The van der Waals surface area contributed by atoms with E-state index in [1.165, 1.54) is 0 Å². The summed E-state index contributed by atoms with van der Waals surface area (Å²) in [4.78, 5) is 5.02. The van der Waals surface area contributed by atoms with Gasteiger partial charge in [-0.25, -0.2) is 0 Å². The van der Waals surface area contributed by atoms with Crippen LogP contribution in [0.3, 0.4) is 0 Å². The number of hydrogen-bond acceptors (Lipinski definition) is 3. The lowest BCUT2D eigenvalue weighted by Gasteiger charge is -2.19. The molecule has 1 rings (SSSR count). The van der Waals surface area contributed by atoms with Crippen LogP contribution in [0.2, 0.25) is 0 Å². The normalized spacial score (nSPS) is 35.7. The van der Waals surface area contributed by atoms with Crippen molar-refractivity contribution in [2.24, 2.45) is 5.92 Å². The second kappa shape index (κ2) is 2.86. The Kier molecular flexibility index (Phi) is 2.28. The summed E-state index contributed by atoms with van der Waals surface area (Å²) < 4.78 is 0. The second-order valence-corrected chi connectivity index (χ2v) is 3.15. The SMILES string of the molecule is CC(C)C1CC(O)ON1C. The molecule has 0 aromatic carbocycles. The van der Waals surface area contributed by atoms with Crippen LogP contribution in [0, 0.1) is 5.92 Å². The smallest absolute Gasteiger partial charge is 0.176 e. The Morgan fingerprint density at radius 1 is 1.60 bits per heavy atom. The Hall–Kier alpha value is -0.120. The number of hydroxylamine groups is 2. The van der Waals surface area contributed by atoms with Gasteiger partial charge in [-0.05, 0) is 5.92 Å². The highest BCUT2D eigenvalue weighted by atomic mass is 16.8. The van der Waals surface area contributed by atoms with Gasteiger partial charge in [-0.3, -0.25) is 4.84 Å². The first-order valence-corrected chi connectivity index (χ1v) is 3.69. The maximum absolute atomic E-state index is 9.06. The number of nitrogens with zero attached hydrogens (tertiary/aromatic N) is 1. The Morgan fingerprint density at radius 2 is 2.20 bits per heavy atom. The van der Waals surface area contributed by atoms with Crippen molar-refractivity contribution in [1.29, 1.82) is 0 Å². The third-order valence-corrected chi connectivity index (χ3v) is 1.97. The van der Waals surface area contributed by atoms with Crippen molar-refractivity contribution in [3.8, 4) is 0 Å². The van der Waals surface area contributed by atoms with Gasteiger partial charge >= 0.3 is 0 Å². The lowest BCUT2D eigenvalue weighted by molar-refractivity contribution is -0.210. The summed E-state index contributed by atoms with van der Waals surface area (Å²) in [6.45, 7) is 4.26. The van der Waals surface area contributed by atoms with E-state index in [-0.39, 0.29) is 0 Å². The summed E-state index contributed by atoms with van der Waals surface area (Å²) in [5.41, 5.74) is 0. The molecule has 0 radical (unpaired) electrons. The highest BCUT2D eigenvalue weighted by Crippen LogP contribution is 2.22. The first-order chi connectivity index (χ1) is 4.61. The molecule has 60 valence electrons. The van der Waals surface area contributed by atoms with Crippen LogP contribution in [0.25, 0.3) is 0 Å². The Labute approximate surface area is 61.5 Å². The number of hydrogen-bond donors (Lipinski definition) is 1.